The van der Waals surface area contributed by atoms with Crippen molar-refractivity contribution in [2.24, 2.45) is 7.05 Å². The number of esters is 1. The van der Waals surface area contributed by atoms with Crippen molar-refractivity contribution in [3.63, 3.8) is 0 Å². The van der Waals surface area contributed by atoms with E-state index in [1.807, 2.05) is 43.4 Å². The minimum absolute atomic E-state index is 0.165. The number of rotatable bonds is 6. The predicted octanol–water partition coefficient (Wildman–Crippen LogP) is 2.65. The van der Waals surface area contributed by atoms with Crippen LogP contribution in [-0.2, 0) is 23.1 Å². The summed E-state index contributed by atoms with van der Waals surface area (Å²) in [5, 5.41) is 13.8. The van der Waals surface area contributed by atoms with E-state index in [4.69, 9.17) is 16.3 Å². The molecule has 9 heteroatoms. The minimum atomic E-state index is -0.473. The largest absolute Gasteiger partial charge is 0.465 e. The maximum Gasteiger partial charge on any atom is 0.325 e. The highest BCUT2D eigenvalue weighted by molar-refractivity contribution is 6.37. The maximum absolute atomic E-state index is 11.7. The Kier molecular flexibility index (Phi) is 6.10. The molecule has 2 amide bonds. The Hall–Kier alpha value is -3.13. The van der Waals surface area contributed by atoms with Gasteiger partial charge in [0.15, 0.2) is 0 Å². The summed E-state index contributed by atoms with van der Waals surface area (Å²) in [5.41, 5.74) is 4.23. The lowest BCUT2D eigenvalue weighted by Gasteiger charge is -2.09. The van der Waals surface area contributed by atoms with Gasteiger partial charge in [-0.05, 0) is 24.1 Å². The Bertz CT molecular complexity index is 1000. The van der Waals surface area contributed by atoms with Crippen LogP contribution in [0.25, 0.3) is 22.2 Å². The fourth-order valence-corrected chi connectivity index (χ4v) is 3.01. The third-order valence-electron chi connectivity index (χ3n) is 4.14. The monoisotopic (exact) mass is 401 g/mol. The van der Waals surface area contributed by atoms with Crippen LogP contribution in [0.15, 0.2) is 36.4 Å². The molecule has 0 fully saturated rings. The SMILES string of the molecule is CCOC(=O)CNC(=O)NCc1ccc(-c2ccc3c(nnn3C)c2Cl)cc1. The van der Waals surface area contributed by atoms with E-state index >= 15 is 0 Å². The van der Waals surface area contributed by atoms with Crippen LogP contribution < -0.4 is 10.6 Å². The van der Waals surface area contributed by atoms with Crippen molar-refractivity contribution in [3.8, 4) is 11.1 Å². The number of urea groups is 1. The molecule has 0 atom stereocenters. The number of amides is 2. The zero-order valence-corrected chi connectivity index (χ0v) is 16.3. The van der Waals surface area contributed by atoms with Crippen molar-refractivity contribution >= 4 is 34.6 Å². The molecule has 0 radical (unpaired) electrons. The molecule has 0 aliphatic heterocycles. The van der Waals surface area contributed by atoms with Gasteiger partial charge in [0.1, 0.15) is 12.1 Å². The molecule has 28 heavy (non-hydrogen) atoms. The summed E-state index contributed by atoms with van der Waals surface area (Å²) in [6, 6.07) is 11.1. The first-order chi connectivity index (χ1) is 13.5. The van der Waals surface area contributed by atoms with Gasteiger partial charge in [-0.3, -0.25) is 4.79 Å². The summed E-state index contributed by atoms with van der Waals surface area (Å²) in [4.78, 5) is 22.9. The van der Waals surface area contributed by atoms with Crippen molar-refractivity contribution in [1.29, 1.82) is 0 Å². The van der Waals surface area contributed by atoms with E-state index in [2.05, 4.69) is 20.9 Å². The number of hydrogen-bond acceptors (Lipinski definition) is 5. The van der Waals surface area contributed by atoms with E-state index in [0.717, 1.165) is 22.2 Å². The van der Waals surface area contributed by atoms with E-state index in [-0.39, 0.29) is 13.2 Å². The second-order valence-corrected chi connectivity index (χ2v) is 6.42. The highest BCUT2D eigenvalue weighted by Crippen LogP contribution is 2.33. The molecule has 146 valence electrons. The van der Waals surface area contributed by atoms with Gasteiger partial charge in [0.05, 0.1) is 17.1 Å². The number of carbonyl (C=O) groups is 2. The zero-order valence-electron chi connectivity index (χ0n) is 15.5. The first-order valence-corrected chi connectivity index (χ1v) is 9.12. The molecule has 0 saturated carbocycles. The molecule has 0 aliphatic carbocycles. The Morgan fingerprint density at radius 2 is 1.89 bits per heavy atom. The molecule has 1 aromatic heterocycles. The standard InChI is InChI=1S/C19H20ClN5O3/c1-3-28-16(26)11-22-19(27)21-10-12-4-6-13(7-5-12)14-8-9-15-18(17(14)20)23-24-25(15)2/h4-9H,3,10-11H2,1-2H3,(H2,21,22,27). The zero-order chi connectivity index (χ0) is 20.1. The second kappa shape index (κ2) is 8.71. The van der Waals surface area contributed by atoms with Gasteiger partial charge in [0.2, 0.25) is 0 Å². The Morgan fingerprint density at radius 3 is 2.61 bits per heavy atom. The molecule has 1 heterocycles. The smallest absolute Gasteiger partial charge is 0.325 e. The lowest BCUT2D eigenvalue weighted by molar-refractivity contribution is -0.141. The predicted molar refractivity (Wildman–Crippen MR) is 106 cm³/mol. The van der Waals surface area contributed by atoms with E-state index in [0.29, 0.717) is 17.1 Å². The highest BCUT2D eigenvalue weighted by Gasteiger charge is 2.12. The van der Waals surface area contributed by atoms with Gasteiger partial charge < -0.3 is 15.4 Å². The molecule has 0 spiro atoms. The van der Waals surface area contributed by atoms with E-state index in [1.54, 1.807) is 11.6 Å². The summed E-state index contributed by atoms with van der Waals surface area (Å²) in [5.74, 6) is -0.473. The first-order valence-electron chi connectivity index (χ1n) is 8.74. The van der Waals surface area contributed by atoms with Crippen LogP contribution in [0.2, 0.25) is 5.02 Å². The number of aromatic nitrogens is 3. The number of nitrogens with zero attached hydrogens (tertiary/aromatic N) is 3. The summed E-state index contributed by atoms with van der Waals surface area (Å²) >= 11 is 6.50. The quantitative estimate of drug-likeness (QED) is 0.619. The lowest BCUT2D eigenvalue weighted by Crippen LogP contribution is -2.38. The summed E-state index contributed by atoms with van der Waals surface area (Å²) < 4.78 is 6.42. The Morgan fingerprint density at radius 1 is 1.14 bits per heavy atom. The maximum atomic E-state index is 11.7. The first kappa shape index (κ1) is 19.6. The molecule has 0 saturated heterocycles. The average Bonchev–Trinajstić information content (AvgIpc) is 3.08. The van der Waals surface area contributed by atoms with E-state index in [1.165, 1.54) is 0 Å². The summed E-state index contributed by atoms with van der Waals surface area (Å²) in [6.07, 6.45) is 0. The van der Waals surface area contributed by atoms with Crippen LogP contribution in [0.5, 0.6) is 0 Å². The third-order valence-corrected chi connectivity index (χ3v) is 4.52. The van der Waals surface area contributed by atoms with Gasteiger partial charge in [0.25, 0.3) is 0 Å². The molecular formula is C19H20ClN5O3. The highest BCUT2D eigenvalue weighted by atomic mass is 35.5. The Labute approximate surface area is 166 Å². The van der Waals surface area contributed by atoms with Crippen LogP contribution in [-0.4, -0.2) is 40.1 Å². The number of carbonyl (C=O) groups excluding carboxylic acids is 2. The van der Waals surface area contributed by atoms with Crippen molar-refractivity contribution in [3.05, 3.63) is 47.0 Å². The van der Waals surface area contributed by atoms with Gasteiger partial charge in [-0.25, -0.2) is 9.48 Å². The number of benzene rings is 2. The lowest BCUT2D eigenvalue weighted by atomic mass is 10.0. The molecule has 3 aromatic rings. The molecule has 0 aliphatic rings. The minimum Gasteiger partial charge on any atom is -0.465 e. The number of aryl methyl sites for hydroxylation is 1. The topological polar surface area (TPSA) is 98.1 Å². The van der Waals surface area contributed by atoms with Crippen molar-refractivity contribution < 1.29 is 14.3 Å². The van der Waals surface area contributed by atoms with Crippen LogP contribution in [0.1, 0.15) is 12.5 Å². The average molecular weight is 402 g/mol. The van der Waals surface area contributed by atoms with Crippen molar-refractivity contribution in [2.45, 2.75) is 13.5 Å². The molecule has 0 unspecified atom stereocenters. The number of nitrogens with one attached hydrogen (secondary N) is 2. The van der Waals surface area contributed by atoms with Gasteiger partial charge in [0, 0.05) is 19.2 Å². The van der Waals surface area contributed by atoms with Crippen LogP contribution in [0.3, 0.4) is 0 Å². The molecule has 0 bridgehead atoms. The van der Waals surface area contributed by atoms with E-state index < -0.39 is 12.0 Å². The Balaban J connectivity index is 1.62. The number of fused-ring (bicyclic) bond motifs is 1. The van der Waals surface area contributed by atoms with Crippen LogP contribution >= 0.6 is 11.6 Å². The van der Waals surface area contributed by atoms with Crippen molar-refractivity contribution in [1.82, 2.24) is 25.6 Å². The van der Waals surface area contributed by atoms with Gasteiger partial charge in [-0.2, -0.15) is 0 Å². The number of hydrogen-bond donors (Lipinski definition) is 2. The van der Waals surface area contributed by atoms with Crippen molar-refractivity contribution in [2.75, 3.05) is 13.2 Å². The molecule has 2 N–H and O–H groups in total. The summed E-state index contributed by atoms with van der Waals surface area (Å²) in [6.45, 7) is 2.15. The molecule has 8 nitrogen and oxygen atoms in total. The second-order valence-electron chi connectivity index (χ2n) is 6.05. The third kappa shape index (κ3) is 4.40. The van der Waals surface area contributed by atoms with E-state index in [9.17, 15) is 9.59 Å². The van der Waals surface area contributed by atoms with Gasteiger partial charge in [-0.1, -0.05) is 47.1 Å². The summed E-state index contributed by atoms with van der Waals surface area (Å²) in [7, 11) is 1.82. The fraction of sp³-hybridized carbons (Fsp3) is 0.263. The molecule has 3 rings (SSSR count). The molecular weight excluding hydrogens is 382 g/mol. The molecule has 2 aromatic carbocycles. The fourth-order valence-electron chi connectivity index (χ4n) is 2.71. The van der Waals surface area contributed by atoms with Crippen LogP contribution in [0.4, 0.5) is 4.79 Å². The number of halogens is 1. The van der Waals surface area contributed by atoms with Gasteiger partial charge in [-0.15, -0.1) is 5.10 Å². The number of ether oxygens (including phenoxy) is 1. The normalized spacial score (nSPS) is 10.7. The van der Waals surface area contributed by atoms with Crippen LogP contribution in [0, 0.1) is 0 Å². The van der Waals surface area contributed by atoms with Gasteiger partial charge >= 0.3 is 12.0 Å².